The quantitative estimate of drug-likeness (QED) is 0.117. The molecule has 0 aliphatic carbocycles. The standard InChI is InChI=1S/2C8H17.4CH3NS2.Mo/c2*1-4-6-7-8(3)5-2;4*2-1(3)4;/h2*8H,3-7H2,1-2H3;4*(H3,2,3,4);/q2*-1;;;;;+4/p-4. The van der Waals surface area contributed by atoms with Crippen LogP contribution >= 0.6 is 48.9 Å². The van der Waals surface area contributed by atoms with Crippen molar-refractivity contribution in [1.82, 2.24) is 0 Å². The summed E-state index contributed by atoms with van der Waals surface area (Å²) in [5.41, 5.74) is 18.6. The number of nitrogens with two attached hydrogens (primary N) is 4. The van der Waals surface area contributed by atoms with Crippen LogP contribution in [-0.4, -0.2) is 17.3 Å². The average Bonchev–Trinajstić information content (AvgIpc) is 2.62. The second kappa shape index (κ2) is 46.5. The van der Waals surface area contributed by atoms with E-state index in [4.69, 9.17) is 0 Å². The monoisotopic (exact) mass is 692 g/mol. The summed E-state index contributed by atoms with van der Waals surface area (Å²) in [5, 5.41) is 0. The number of unbranched alkanes of at least 4 members (excludes halogenated alkanes) is 2. The predicted octanol–water partition coefficient (Wildman–Crippen LogP) is 5.18. The van der Waals surface area contributed by atoms with E-state index in [1.54, 1.807) is 0 Å². The van der Waals surface area contributed by atoms with Gasteiger partial charge in [-0.25, -0.2) is 0 Å². The van der Waals surface area contributed by atoms with Gasteiger partial charge in [0.15, 0.2) is 0 Å². The van der Waals surface area contributed by atoms with Crippen LogP contribution in [0.15, 0.2) is 0 Å². The van der Waals surface area contributed by atoms with Crippen LogP contribution in [-0.2, 0) is 71.6 Å². The van der Waals surface area contributed by atoms with E-state index in [0.29, 0.717) is 11.8 Å². The van der Waals surface area contributed by atoms with E-state index in [2.05, 4.69) is 164 Å². The van der Waals surface area contributed by atoms with Gasteiger partial charge in [0.2, 0.25) is 0 Å². The predicted molar refractivity (Wildman–Crippen MR) is 174 cm³/mol. The molecule has 0 saturated carbocycles. The first-order chi connectivity index (χ1) is 14.5. The van der Waals surface area contributed by atoms with Gasteiger partial charge < -0.3 is 136 Å². The van der Waals surface area contributed by atoms with Crippen molar-refractivity contribution < 1.29 is 21.1 Å². The largest absolute Gasteiger partial charge is 4.00 e. The van der Waals surface area contributed by atoms with Gasteiger partial charge in [-0.15, -0.1) is 0 Å². The molecular weight excluding hydrogens is 649 g/mol. The molecule has 2 atom stereocenters. The molecule has 198 valence electrons. The summed E-state index contributed by atoms with van der Waals surface area (Å²) >= 11 is 33.0. The molecule has 4 nitrogen and oxygen atoms in total. The Morgan fingerprint density at radius 2 is 0.758 bits per heavy atom. The fraction of sp³-hybridized carbons (Fsp3) is 0.700. The van der Waals surface area contributed by atoms with Crippen molar-refractivity contribution in [2.75, 3.05) is 0 Å². The summed E-state index contributed by atoms with van der Waals surface area (Å²) in [6, 6.07) is 0. The summed E-state index contributed by atoms with van der Waals surface area (Å²) < 4.78 is 0.333. The van der Waals surface area contributed by atoms with E-state index in [9.17, 15) is 0 Å². The molecule has 0 aliphatic heterocycles. The van der Waals surface area contributed by atoms with Crippen molar-refractivity contribution in [3.63, 3.8) is 0 Å². The molecule has 2 unspecified atom stereocenters. The molecule has 0 heterocycles. The second-order valence-corrected chi connectivity index (χ2v) is 10.7. The molecule has 33 heavy (non-hydrogen) atoms. The Labute approximate surface area is 263 Å². The van der Waals surface area contributed by atoms with Crippen molar-refractivity contribution in [2.45, 2.75) is 79.1 Å². The van der Waals surface area contributed by atoms with Gasteiger partial charge in [0.1, 0.15) is 0 Å². The Bertz CT molecular complexity index is 353. The van der Waals surface area contributed by atoms with E-state index in [1.165, 1.54) is 51.4 Å². The number of rotatable bonds is 8. The molecule has 0 rings (SSSR count). The van der Waals surface area contributed by atoms with Gasteiger partial charge in [-0.2, -0.15) is 11.8 Å². The zero-order valence-electron chi connectivity index (χ0n) is 20.2. The molecule has 0 radical (unpaired) electrons. The topological polar surface area (TPSA) is 104 Å². The minimum Gasteiger partial charge on any atom is -0.415 e. The summed E-state index contributed by atoms with van der Waals surface area (Å²) in [4.78, 5) is 0. The van der Waals surface area contributed by atoms with Crippen LogP contribution in [0.4, 0.5) is 0 Å². The molecule has 8 N–H and O–H groups in total. The van der Waals surface area contributed by atoms with Crippen LogP contribution in [0, 0.1) is 25.7 Å². The van der Waals surface area contributed by atoms with Gasteiger partial charge in [0.05, 0.1) is 0 Å². The van der Waals surface area contributed by atoms with Gasteiger partial charge in [-0.3, -0.25) is 0 Å². The zero-order chi connectivity index (χ0) is 27.1. The first kappa shape index (κ1) is 50.9. The minimum absolute atomic E-state index is 0. The third-order valence-corrected chi connectivity index (χ3v) is 3.09. The summed E-state index contributed by atoms with van der Waals surface area (Å²) in [6.45, 7) is 16.8. The maximum absolute atomic E-state index is 4.66. The Morgan fingerprint density at radius 1 is 0.606 bits per heavy atom. The summed E-state index contributed by atoms with van der Waals surface area (Å²) in [6.07, 6.45) is 10.4. The van der Waals surface area contributed by atoms with Gasteiger partial charge >= 0.3 is 21.1 Å². The molecule has 0 fully saturated rings. The van der Waals surface area contributed by atoms with Gasteiger partial charge in [0, 0.05) is 0 Å². The van der Waals surface area contributed by atoms with Crippen LogP contribution in [0.5, 0.6) is 0 Å². The fourth-order valence-corrected chi connectivity index (χ4v) is 1.39. The molecule has 0 saturated heterocycles. The van der Waals surface area contributed by atoms with Crippen LogP contribution in [0.1, 0.15) is 79.1 Å². The summed E-state index contributed by atoms with van der Waals surface area (Å²) in [5.74, 6) is 1.41. The Kier molecular flexibility index (Phi) is 71.7. The molecular formula is C20H42MoN4S8-2. The first-order valence-corrected chi connectivity index (χ1v) is 13.3. The normalized spacial score (nSPS) is 9.64. The fourth-order valence-electron chi connectivity index (χ4n) is 1.39. The SMILES string of the molecule is NC(=S)[S-].NC(=S)[S-].NC(=S)[S-].NC(=S)[S-].[CH2-]C(CC)CCCC.[CH2-]C(CC)CCCC.[Mo+4]. The Balaban J connectivity index is -0.0000000506. The third kappa shape index (κ3) is 186. The average molecular weight is 691 g/mol. The molecule has 13 heteroatoms. The van der Waals surface area contributed by atoms with Gasteiger partial charge in [0.25, 0.3) is 0 Å². The molecule has 0 aromatic rings. The van der Waals surface area contributed by atoms with Crippen LogP contribution in [0.25, 0.3) is 0 Å². The maximum atomic E-state index is 4.66. The first-order valence-electron chi connectivity index (χ1n) is 10.1. The third-order valence-electron chi connectivity index (χ3n) is 3.09. The summed E-state index contributed by atoms with van der Waals surface area (Å²) in [7, 11) is 0. The van der Waals surface area contributed by atoms with E-state index < -0.39 is 0 Å². The maximum Gasteiger partial charge on any atom is 4.00 e. The molecule has 0 amide bonds. The van der Waals surface area contributed by atoms with E-state index in [1.807, 2.05) is 0 Å². The number of hydrogen-bond acceptors (Lipinski definition) is 8. The molecule has 0 spiro atoms. The zero-order valence-corrected chi connectivity index (χ0v) is 28.7. The molecule has 0 aromatic carbocycles. The number of hydrogen-bond donors (Lipinski definition) is 4. The van der Waals surface area contributed by atoms with Gasteiger partial charge in [-0.1, -0.05) is 96.3 Å². The van der Waals surface area contributed by atoms with Crippen LogP contribution in [0.3, 0.4) is 0 Å². The van der Waals surface area contributed by atoms with Crippen molar-refractivity contribution in [1.29, 1.82) is 0 Å². The molecule has 0 aliphatic rings. The van der Waals surface area contributed by atoms with Crippen LogP contribution < -0.4 is 22.9 Å². The molecule has 0 aromatic heterocycles. The van der Waals surface area contributed by atoms with E-state index in [0.717, 1.165) is 0 Å². The number of thiocarbonyl (C=S) groups is 4. The van der Waals surface area contributed by atoms with Crippen molar-refractivity contribution in [2.24, 2.45) is 34.8 Å². The molecule has 0 bridgehead atoms. The Morgan fingerprint density at radius 3 is 0.848 bits per heavy atom. The Hall–Kier alpha value is 1.13. The van der Waals surface area contributed by atoms with Crippen molar-refractivity contribution in [3.05, 3.63) is 13.8 Å². The minimum atomic E-state index is 0. The smallest absolute Gasteiger partial charge is 0.415 e. The van der Waals surface area contributed by atoms with E-state index in [-0.39, 0.29) is 38.3 Å². The van der Waals surface area contributed by atoms with Crippen molar-refractivity contribution in [3.8, 4) is 0 Å². The second-order valence-electron chi connectivity index (χ2n) is 6.11. The van der Waals surface area contributed by atoms with Gasteiger partial charge in [-0.05, 0) is 0 Å². The van der Waals surface area contributed by atoms with Crippen molar-refractivity contribution >= 4 is 117 Å². The van der Waals surface area contributed by atoms with E-state index >= 15 is 0 Å². The van der Waals surface area contributed by atoms with Crippen LogP contribution in [0.2, 0.25) is 0 Å².